The van der Waals surface area contributed by atoms with Gasteiger partial charge in [0.15, 0.2) is 0 Å². The quantitative estimate of drug-likeness (QED) is 0.749. The third-order valence-corrected chi connectivity index (χ3v) is 2.50. The first-order chi connectivity index (χ1) is 7.24. The Hall–Kier alpha value is -1.34. The van der Waals surface area contributed by atoms with Gasteiger partial charge in [-0.3, -0.25) is 4.98 Å². The number of aryl methyl sites for hydroxylation is 1. The summed E-state index contributed by atoms with van der Waals surface area (Å²) in [6, 6.07) is 14.0. The van der Waals surface area contributed by atoms with Gasteiger partial charge in [-0.2, -0.15) is 0 Å². The third kappa shape index (κ3) is 2.80. The van der Waals surface area contributed by atoms with Crippen LogP contribution in [0.3, 0.4) is 0 Å². The van der Waals surface area contributed by atoms with Crippen LogP contribution in [0.4, 0.5) is 0 Å². The standard InChI is InChI=1S/C13H12ClN/c1-10-3-2-4-13(15-10)9-11-5-7-12(14)8-6-11/h2-8H,9H2,1H3. The zero-order chi connectivity index (χ0) is 10.7. The van der Waals surface area contributed by atoms with Crippen molar-refractivity contribution >= 4 is 11.6 Å². The van der Waals surface area contributed by atoms with Crippen LogP contribution in [0.25, 0.3) is 0 Å². The smallest absolute Gasteiger partial charge is 0.0450 e. The van der Waals surface area contributed by atoms with Gasteiger partial charge in [0, 0.05) is 22.8 Å². The molecule has 0 aliphatic heterocycles. The molecule has 0 atom stereocenters. The number of nitrogens with zero attached hydrogens (tertiary/aromatic N) is 1. The van der Waals surface area contributed by atoms with Gasteiger partial charge in [0.1, 0.15) is 0 Å². The summed E-state index contributed by atoms with van der Waals surface area (Å²) in [4.78, 5) is 4.46. The van der Waals surface area contributed by atoms with Crippen LogP contribution in [0.2, 0.25) is 5.02 Å². The number of rotatable bonds is 2. The molecule has 0 unspecified atom stereocenters. The summed E-state index contributed by atoms with van der Waals surface area (Å²) < 4.78 is 0. The van der Waals surface area contributed by atoms with Gasteiger partial charge < -0.3 is 0 Å². The third-order valence-electron chi connectivity index (χ3n) is 2.24. The van der Waals surface area contributed by atoms with Gasteiger partial charge in [-0.05, 0) is 36.8 Å². The van der Waals surface area contributed by atoms with Crippen LogP contribution in [0.15, 0.2) is 42.5 Å². The first-order valence-electron chi connectivity index (χ1n) is 4.91. The summed E-state index contributed by atoms with van der Waals surface area (Å²) in [5, 5.41) is 0.774. The van der Waals surface area contributed by atoms with E-state index < -0.39 is 0 Å². The zero-order valence-electron chi connectivity index (χ0n) is 8.57. The summed E-state index contributed by atoms with van der Waals surface area (Å²) in [5.74, 6) is 0. The van der Waals surface area contributed by atoms with Crippen LogP contribution in [0.5, 0.6) is 0 Å². The molecular weight excluding hydrogens is 206 g/mol. The molecule has 2 aromatic rings. The van der Waals surface area contributed by atoms with E-state index in [9.17, 15) is 0 Å². The van der Waals surface area contributed by atoms with Crippen LogP contribution in [0, 0.1) is 6.92 Å². The minimum atomic E-state index is 0.774. The molecule has 1 aromatic carbocycles. The van der Waals surface area contributed by atoms with Crippen LogP contribution >= 0.6 is 11.6 Å². The van der Waals surface area contributed by atoms with Crippen molar-refractivity contribution in [3.05, 3.63) is 64.4 Å². The molecule has 1 heterocycles. The van der Waals surface area contributed by atoms with E-state index in [4.69, 9.17) is 11.6 Å². The SMILES string of the molecule is Cc1cccc(Cc2ccc(Cl)cc2)n1. The van der Waals surface area contributed by atoms with Crippen LogP contribution < -0.4 is 0 Å². The molecule has 15 heavy (non-hydrogen) atoms. The lowest BCUT2D eigenvalue weighted by Gasteiger charge is -2.02. The largest absolute Gasteiger partial charge is 0.258 e. The molecule has 0 N–H and O–H groups in total. The van der Waals surface area contributed by atoms with Gasteiger partial charge >= 0.3 is 0 Å². The fourth-order valence-electron chi connectivity index (χ4n) is 1.51. The maximum atomic E-state index is 5.82. The van der Waals surface area contributed by atoms with Crippen molar-refractivity contribution in [3.63, 3.8) is 0 Å². The summed E-state index contributed by atoms with van der Waals surface area (Å²) in [6.07, 6.45) is 0.860. The fraction of sp³-hybridized carbons (Fsp3) is 0.154. The predicted molar refractivity (Wildman–Crippen MR) is 63.2 cm³/mol. The van der Waals surface area contributed by atoms with Gasteiger partial charge in [0.2, 0.25) is 0 Å². The first kappa shape index (κ1) is 10.2. The fourth-order valence-corrected chi connectivity index (χ4v) is 1.64. The van der Waals surface area contributed by atoms with E-state index in [0.29, 0.717) is 0 Å². The number of hydrogen-bond donors (Lipinski definition) is 0. The van der Waals surface area contributed by atoms with Gasteiger partial charge in [0.25, 0.3) is 0 Å². The molecule has 0 bridgehead atoms. The minimum Gasteiger partial charge on any atom is -0.258 e. The van der Waals surface area contributed by atoms with E-state index >= 15 is 0 Å². The van der Waals surface area contributed by atoms with E-state index in [1.807, 2.05) is 49.4 Å². The van der Waals surface area contributed by atoms with E-state index in [0.717, 1.165) is 22.8 Å². The predicted octanol–water partition coefficient (Wildman–Crippen LogP) is 3.63. The maximum absolute atomic E-state index is 5.82. The highest BCUT2D eigenvalue weighted by molar-refractivity contribution is 6.30. The first-order valence-corrected chi connectivity index (χ1v) is 5.29. The van der Waals surface area contributed by atoms with Crippen molar-refractivity contribution in [2.45, 2.75) is 13.3 Å². The molecular formula is C13H12ClN. The van der Waals surface area contributed by atoms with Crippen LogP contribution in [-0.2, 0) is 6.42 Å². The Morgan fingerprint density at radius 3 is 2.47 bits per heavy atom. The topological polar surface area (TPSA) is 12.9 Å². The second-order valence-electron chi connectivity index (χ2n) is 3.57. The van der Waals surface area contributed by atoms with Crippen molar-refractivity contribution in [1.29, 1.82) is 0 Å². The van der Waals surface area contributed by atoms with Crippen molar-refractivity contribution in [3.8, 4) is 0 Å². The molecule has 0 aliphatic rings. The lowest BCUT2D eigenvalue weighted by Crippen LogP contribution is -1.93. The molecule has 0 amide bonds. The minimum absolute atomic E-state index is 0.774. The summed E-state index contributed by atoms with van der Waals surface area (Å²) >= 11 is 5.82. The Bertz CT molecular complexity index is 448. The summed E-state index contributed by atoms with van der Waals surface area (Å²) in [7, 11) is 0. The second kappa shape index (κ2) is 4.45. The normalized spacial score (nSPS) is 10.3. The van der Waals surface area contributed by atoms with Crippen molar-refractivity contribution in [2.24, 2.45) is 0 Å². The van der Waals surface area contributed by atoms with Gasteiger partial charge in [-0.25, -0.2) is 0 Å². The van der Waals surface area contributed by atoms with E-state index in [2.05, 4.69) is 4.98 Å². The van der Waals surface area contributed by atoms with Gasteiger partial charge in [-0.15, -0.1) is 0 Å². The molecule has 1 aromatic heterocycles. The molecule has 2 rings (SSSR count). The molecule has 2 heteroatoms. The Balaban J connectivity index is 2.18. The molecule has 0 fully saturated rings. The van der Waals surface area contributed by atoms with Crippen molar-refractivity contribution in [1.82, 2.24) is 4.98 Å². The van der Waals surface area contributed by atoms with Gasteiger partial charge in [0.05, 0.1) is 0 Å². The Morgan fingerprint density at radius 2 is 1.80 bits per heavy atom. The molecule has 0 aliphatic carbocycles. The Labute approximate surface area is 94.7 Å². The molecule has 0 radical (unpaired) electrons. The highest BCUT2D eigenvalue weighted by Crippen LogP contribution is 2.12. The molecule has 76 valence electrons. The molecule has 0 saturated carbocycles. The maximum Gasteiger partial charge on any atom is 0.0450 e. The monoisotopic (exact) mass is 217 g/mol. The second-order valence-corrected chi connectivity index (χ2v) is 4.01. The Morgan fingerprint density at radius 1 is 1.07 bits per heavy atom. The zero-order valence-corrected chi connectivity index (χ0v) is 9.33. The number of halogens is 1. The molecule has 0 saturated heterocycles. The highest BCUT2D eigenvalue weighted by Gasteiger charge is 1.97. The summed E-state index contributed by atoms with van der Waals surface area (Å²) in [6.45, 7) is 2.01. The van der Waals surface area contributed by atoms with Crippen LogP contribution in [0.1, 0.15) is 17.0 Å². The van der Waals surface area contributed by atoms with Crippen molar-refractivity contribution < 1.29 is 0 Å². The highest BCUT2D eigenvalue weighted by atomic mass is 35.5. The molecule has 1 nitrogen and oxygen atoms in total. The van der Waals surface area contributed by atoms with E-state index in [1.165, 1.54) is 5.56 Å². The number of hydrogen-bond acceptors (Lipinski definition) is 1. The Kier molecular flexibility index (Phi) is 3.02. The van der Waals surface area contributed by atoms with E-state index in [-0.39, 0.29) is 0 Å². The van der Waals surface area contributed by atoms with Crippen LogP contribution in [-0.4, -0.2) is 4.98 Å². The average molecular weight is 218 g/mol. The average Bonchev–Trinajstić information content (AvgIpc) is 2.22. The number of aromatic nitrogens is 1. The number of pyridine rings is 1. The lowest BCUT2D eigenvalue weighted by atomic mass is 10.1. The van der Waals surface area contributed by atoms with E-state index in [1.54, 1.807) is 0 Å². The lowest BCUT2D eigenvalue weighted by molar-refractivity contribution is 1.04. The number of benzene rings is 1. The summed E-state index contributed by atoms with van der Waals surface area (Å²) in [5.41, 5.74) is 3.39. The van der Waals surface area contributed by atoms with Crippen molar-refractivity contribution in [2.75, 3.05) is 0 Å². The van der Waals surface area contributed by atoms with Gasteiger partial charge in [-0.1, -0.05) is 29.8 Å². The molecule has 0 spiro atoms.